The number of hydrogen-bond acceptors (Lipinski definition) is 4. The van der Waals surface area contributed by atoms with Crippen molar-refractivity contribution in [2.45, 2.75) is 31.4 Å². The minimum Gasteiger partial charge on any atom is -0.480 e. The van der Waals surface area contributed by atoms with Gasteiger partial charge >= 0.3 is 5.97 Å². The predicted octanol–water partition coefficient (Wildman–Crippen LogP) is 2.21. The van der Waals surface area contributed by atoms with Crippen molar-refractivity contribution in [3.63, 3.8) is 0 Å². The van der Waals surface area contributed by atoms with E-state index in [9.17, 15) is 14.7 Å². The summed E-state index contributed by atoms with van der Waals surface area (Å²) >= 11 is 1.53. The highest BCUT2D eigenvalue weighted by Gasteiger charge is 2.40. The van der Waals surface area contributed by atoms with Crippen LogP contribution in [0.25, 0.3) is 0 Å². The van der Waals surface area contributed by atoms with Gasteiger partial charge in [0, 0.05) is 18.4 Å². The third-order valence-electron chi connectivity index (χ3n) is 3.47. The maximum absolute atomic E-state index is 12.6. The molecule has 2 unspecified atom stereocenters. The van der Waals surface area contributed by atoms with E-state index in [-0.39, 0.29) is 11.3 Å². The lowest BCUT2D eigenvalue weighted by Gasteiger charge is -2.26. The number of rotatable bonds is 5. The molecule has 5 nitrogen and oxygen atoms in total. The molecule has 1 aliphatic rings. The Morgan fingerprint density at radius 1 is 1.38 bits per heavy atom. The number of benzene rings is 1. The molecule has 114 valence electrons. The number of methoxy groups -OCH3 is 1. The Morgan fingerprint density at radius 2 is 2.05 bits per heavy atom. The first-order valence-corrected chi connectivity index (χ1v) is 7.88. The first-order valence-electron chi connectivity index (χ1n) is 6.83. The Hall–Kier alpha value is -1.53. The molecule has 0 aromatic heterocycles. The molecule has 0 spiro atoms. The van der Waals surface area contributed by atoms with Crippen LogP contribution in [0.2, 0.25) is 0 Å². The average molecular weight is 309 g/mol. The topological polar surface area (TPSA) is 66.8 Å². The standard InChI is InChI=1S/C15H19NO4S/c1-3-13-16(12(9-21-13)15(18)19)14(17)11-6-4-10(5-7-11)8-20-2/h4-7,12-13H,3,8-9H2,1-2H3,(H,18,19). The number of carbonyl (C=O) groups is 2. The Kier molecular flexibility index (Phi) is 5.25. The smallest absolute Gasteiger partial charge is 0.327 e. The van der Waals surface area contributed by atoms with Gasteiger partial charge in [0.25, 0.3) is 5.91 Å². The van der Waals surface area contributed by atoms with Crippen LogP contribution in [0.15, 0.2) is 24.3 Å². The van der Waals surface area contributed by atoms with Crippen LogP contribution in [-0.2, 0) is 16.1 Å². The van der Waals surface area contributed by atoms with E-state index in [1.165, 1.54) is 16.7 Å². The largest absolute Gasteiger partial charge is 0.480 e. The molecule has 21 heavy (non-hydrogen) atoms. The van der Waals surface area contributed by atoms with E-state index in [0.29, 0.717) is 17.9 Å². The van der Waals surface area contributed by atoms with Crippen molar-refractivity contribution < 1.29 is 19.4 Å². The van der Waals surface area contributed by atoms with Gasteiger partial charge in [-0.05, 0) is 24.1 Å². The van der Waals surface area contributed by atoms with Gasteiger partial charge in [-0.15, -0.1) is 11.8 Å². The number of carboxylic acid groups (broad SMARTS) is 1. The van der Waals surface area contributed by atoms with Gasteiger partial charge in [-0.3, -0.25) is 4.79 Å². The molecule has 1 saturated heterocycles. The number of hydrogen-bond donors (Lipinski definition) is 1. The number of thioether (sulfide) groups is 1. The molecule has 1 N–H and O–H groups in total. The molecule has 1 aromatic carbocycles. The zero-order chi connectivity index (χ0) is 15.4. The highest BCUT2D eigenvalue weighted by Crippen LogP contribution is 2.32. The molecule has 0 saturated carbocycles. The quantitative estimate of drug-likeness (QED) is 0.903. The van der Waals surface area contributed by atoms with Crippen molar-refractivity contribution in [3.05, 3.63) is 35.4 Å². The second kappa shape index (κ2) is 6.95. The summed E-state index contributed by atoms with van der Waals surface area (Å²) in [6.45, 7) is 2.45. The molecule has 0 radical (unpaired) electrons. The van der Waals surface area contributed by atoms with Crippen LogP contribution in [0.1, 0.15) is 29.3 Å². The number of amides is 1. The molecule has 6 heteroatoms. The van der Waals surface area contributed by atoms with Crippen molar-refractivity contribution >= 4 is 23.6 Å². The fourth-order valence-electron chi connectivity index (χ4n) is 2.40. The maximum atomic E-state index is 12.6. The zero-order valence-corrected chi connectivity index (χ0v) is 12.9. The van der Waals surface area contributed by atoms with E-state index in [4.69, 9.17) is 4.74 Å². The summed E-state index contributed by atoms with van der Waals surface area (Å²) in [4.78, 5) is 25.4. The van der Waals surface area contributed by atoms with Crippen molar-refractivity contribution in [2.24, 2.45) is 0 Å². The Labute approximate surface area is 128 Å². The summed E-state index contributed by atoms with van der Waals surface area (Å²) in [6.07, 6.45) is 0.738. The van der Waals surface area contributed by atoms with Crippen molar-refractivity contribution in [1.82, 2.24) is 4.90 Å². The number of ether oxygens (including phenoxy) is 1. The third-order valence-corrected chi connectivity index (χ3v) is 4.93. The van der Waals surface area contributed by atoms with Gasteiger partial charge < -0.3 is 14.7 Å². The van der Waals surface area contributed by atoms with Gasteiger partial charge in [-0.2, -0.15) is 0 Å². The molecule has 1 aromatic rings. The molecule has 1 heterocycles. The Morgan fingerprint density at radius 3 is 2.57 bits per heavy atom. The van der Waals surface area contributed by atoms with Crippen molar-refractivity contribution in [1.29, 1.82) is 0 Å². The summed E-state index contributed by atoms with van der Waals surface area (Å²) in [5, 5.41) is 9.21. The van der Waals surface area contributed by atoms with Crippen LogP contribution < -0.4 is 0 Å². The molecule has 2 atom stereocenters. The summed E-state index contributed by atoms with van der Waals surface area (Å²) in [7, 11) is 1.61. The van der Waals surface area contributed by atoms with Gasteiger partial charge in [0.1, 0.15) is 6.04 Å². The van der Waals surface area contributed by atoms with E-state index in [1.54, 1.807) is 19.2 Å². The molecule has 1 amide bonds. The summed E-state index contributed by atoms with van der Waals surface area (Å²) in [6, 6.07) is 6.37. The monoisotopic (exact) mass is 309 g/mol. The maximum Gasteiger partial charge on any atom is 0.327 e. The molecule has 0 bridgehead atoms. The minimum absolute atomic E-state index is 0.0720. The highest BCUT2D eigenvalue weighted by molar-refractivity contribution is 8.00. The SMILES string of the molecule is CCC1SCC(C(=O)O)N1C(=O)c1ccc(COC)cc1. The van der Waals surface area contributed by atoms with Gasteiger partial charge in [-0.25, -0.2) is 4.79 Å². The van der Waals surface area contributed by atoms with Gasteiger partial charge in [0.05, 0.1) is 12.0 Å². The van der Waals surface area contributed by atoms with Crippen molar-refractivity contribution in [2.75, 3.05) is 12.9 Å². The first kappa shape index (κ1) is 15.9. The Bertz CT molecular complexity index is 517. The first-order chi connectivity index (χ1) is 10.1. The minimum atomic E-state index is -0.942. The molecule has 2 rings (SSSR count). The number of carboxylic acids is 1. The van der Waals surface area contributed by atoms with E-state index in [1.807, 2.05) is 19.1 Å². The molecule has 0 aliphatic carbocycles. The summed E-state index contributed by atoms with van der Waals surface area (Å²) < 4.78 is 5.03. The number of carbonyl (C=O) groups excluding carboxylic acids is 1. The molecule has 1 fully saturated rings. The van der Waals surface area contributed by atoms with E-state index >= 15 is 0 Å². The Balaban J connectivity index is 2.21. The lowest BCUT2D eigenvalue weighted by atomic mass is 10.1. The van der Waals surface area contributed by atoms with Gasteiger partial charge in [0.15, 0.2) is 0 Å². The fourth-order valence-corrected chi connectivity index (χ4v) is 3.75. The third kappa shape index (κ3) is 3.39. The van der Waals surface area contributed by atoms with Crippen LogP contribution in [0.4, 0.5) is 0 Å². The lowest BCUT2D eigenvalue weighted by molar-refractivity contribution is -0.141. The summed E-state index contributed by atoms with van der Waals surface area (Å²) in [5.74, 6) is -0.715. The fraction of sp³-hybridized carbons (Fsp3) is 0.467. The number of nitrogens with zero attached hydrogens (tertiary/aromatic N) is 1. The van der Waals surface area contributed by atoms with Crippen LogP contribution in [0, 0.1) is 0 Å². The van der Waals surface area contributed by atoms with E-state index in [2.05, 4.69) is 0 Å². The van der Waals surface area contributed by atoms with Gasteiger partial charge in [-0.1, -0.05) is 19.1 Å². The molecular formula is C15H19NO4S. The van der Waals surface area contributed by atoms with Crippen molar-refractivity contribution in [3.8, 4) is 0 Å². The van der Waals surface area contributed by atoms with E-state index in [0.717, 1.165) is 12.0 Å². The predicted molar refractivity (Wildman–Crippen MR) is 81.3 cm³/mol. The average Bonchev–Trinajstić information content (AvgIpc) is 2.91. The van der Waals surface area contributed by atoms with Gasteiger partial charge in [0.2, 0.25) is 0 Å². The van der Waals surface area contributed by atoms with E-state index < -0.39 is 12.0 Å². The second-order valence-electron chi connectivity index (χ2n) is 4.89. The van der Waals surface area contributed by atoms with Crippen LogP contribution >= 0.6 is 11.8 Å². The number of aliphatic carboxylic acids is 1. The molecule has 1 aliphatic heterocycles. The summed E-state index contributed by atoms with van der Waals surface area (Å²) in [5.41, 5.74) is 1.49. The second-order valence-corrected chi connectivity index (χ2v) is 6.10. The zero-order valence-electron chi connectivity index (χ0n) is 12.1. The highest BCUT2D eigenvalue weighted by atomic mass is 32.2. The van der Waals surface area contributed by atoms with Crippen LogP contribution in [-0.4, -0.2) is 46.2 Å². The lowest BCUT2D eigenvalue weighted by Crippen LogP contribution is -2.45. The molecular weight excluding hydrogens is 290 g/mol. The van der Waals surface area contributed by atoms with Crippen LogP contribution in [0.5, 0.6) is 0 Å². The van der Waals surface area contributed by atoms with Crippen LogP contribution in [0.3, 0.4) is 0 Å². The normalized spacial score (nSPS) is 21.5.